The van der Waals surface area contributed by atoms with Gasteiger partial charge in [0.2, 0.25) is 5.91 Å². The van der Waals surface area contributed by atoms with Crippen LogP contribution in [0.4, 0.5) is 21.7 Å². The SMILES string of the molecule is Cc1ccc(C#N)cc1N(C)c1cc2c(ncn2C)c(NC(=O)[C@H]2C[C@H]2F)n1. The zero-order valence-corrected chi connectivity index (χ0v) is 15.8. The van der Waals surface area contributed by atoms with E-state index in [0.717, 1.165) is 16.8 Å². The van der Waals surface area contributed by atoms with Crippen LogP contribution in [-0.2, 0) is 11.8 Å². The highest BCUT2D eigenvalue weighted by atomic mass is 19.1. The molecule has 142 valence electrons. The third kappa shape index (κ3) is 3.05. The first kappa shape index (κ1) is 17.9. The number of anilines is 3. The Hall–Kier alpha value is -3.47. The van der Waals surface area contributed by atoms with Crippen molar-refractivity contribution in [2.45, 2.75) is 19.5 Å². The second kappa shape index (κ2) is 6.60. The van der Waals surface area contributed by atoms with Crippen molar-refractivity contribution in [1.29, 1.82) is 5.26 Å². The number of imidazole rings is 1. The summed E-state index contributed by atoms with van der Waals surface area (Å²) in [7, 11) is 3.70. The smallest absolute Gasteiger partial charge is 0.231 e. The number of pyridine rings is 1. The zero-order valence-electron chi connectivity index (χ0n) is 15.8. The number of nitrogens with zero attached hydrogens (tertiary/aromatic N) is 5. The van der Waals surface area contributed by atoms with E-state index in [2.05, 4.69) is 21.4 Å². The molecule has 1 saturated carbocycles. The Balaban J connectivity index is 1.78. The van der Waals surface area contributed by atoms with Gasteiger partial charge in [-0.25, -0.2) is 14.4 Å². The van der Waals surface area contributed by atoms with Gasteiger partial charge in [0.15, 0.2) is 5.82 Å². The lowest BCUT2D eigenvalue weighted by atomic mass is 10.1. The van der Waals surface area contributed by atoms with E-state index in [9.17, 15) is 14.4 Å². The highest BCUT2D eigenvalue weighted by molar-refractivity contribution is 6.01. The number of hydrogen-bond donors (Lipinski definition) is 1. The van der Waals surface area contributed by atoms with Gasteiger partial charge in [-0.05, 0) is 31.0 Å². The molecular weight excluding hydrogens is 359 g/mol. The van der Waals surface area contributed by atoms with E-state index in [4.69, 9.17) is 0 Å². The van der Waals surface area contributed by atoms with E-state index in [-0.39, 0.29) is 12.3 Å². The molecule has 8 heteroatoms. The average Bonchev–Trinajstić information content (AvgIpc) is 3.31. The molecule has 1 aromatic carbocycles. The Kier molecular flexibility index (Phi) is 4.23. The van der Waals surface area contributed by atoms with Crippen LogP contribution in [0.15, 0.2) is 30.6 Å². The van der Waals surface area contributed by atoms with Crippen molar-refractivity contribution in [3.05, 3.63) is 41.7 Å². The number of alkyl halides is 1. The third-order valence-corrected chi connectivity index (χ3v) is 5.03. The van der Waals surface area contributed by atoms with Crippen molar-refractivity contribution < 1.29 is 9.18 Å². The average molecular weight is 378 g/mol. The first-order valence-corrected chi connectivity index (χ1v) is 8.90. The summed E-state index contributed by atoms with van der Waals surface area (Å²) in [6.07, 6.45) is 0.806. The fraction of sp³-hybridized carbons (Fsp3) is 0.300. The van der Waals surface area contributed by atoms with Crippen LogP contribution >= 0.6 is 0 Å². The summed E-state index contributed by atoms with van der Waals surface area (Å²) >= 11 is 0. The van der Waals surface area contributed by atoms with Crippen molar-refractivity contribution in [3.63, 3.8) is 0 Å². The quantitative estimate of drug-likeness (QED) is 0.753. The standard InChI is InChI=1S/C20H19FN6O/c1-11-4-5-12(9-22)6-15(11)27(3)17-8-16-18(23-10-26(16)2)19(24-17)25-20(28)13-7-14(13)21/h4-6,8,10,13-14H,7H2,1-3H3,(H,24,25,28)/t13-,14+/m0/s1. The highest BCUT2D eigenvalue weighted by Crippen LogP contribution is 2.36. The lowest BCUT2D eigenvalue weighted by Gasteiger charge is -2.22. The van der Waals surface area contributed by atoms with Gasteiger partial charge in [0.1, 0.15) is 17.5 Å². The monoisotopic (exact) mass is 378 g/mol. The van der Waals surface area contributed by atoms with Crippen molar-refractivity contribution in [2.75, 3.05) is 17.3 Å². The maximum absolute atomic E-state index is 13.3. The summed E-state index contributed by atoms with van der Waals surface area (Å²) in [5.41, 5.74) is 3.69. The topological polar surface area (TPSA) is 86.8 Å². The van der Waals surface area contributed by atoms with E-state index in [0.29, 0.717) is 22.7 Å². The number of carbonyl (C=O) groups excluding carboxylic acids is 1. The molecule has 2 atom stereocenters. The van der Waals surface area contributed by atoms with Gasteiger partial charge in [0.25, 0.3) is 0 Å². The molecule has 1 aliphatic carbocycles. The van der Waals surface area contributed by atoms with Crippen LogP contribution in [0.5, 0.6) is 0 Å². The van der Waals surface area contributed by atoms with Crippen molar-refractivity contribution >= 4 is 34.3 Å². The molecule has 0 unspecified atom stereocenters. The molecule has 1 aliphatic rings. The summed E-state index contributed by atoms with van der Waals surface area (Å²) in [6.45, 7) is 1.95. The number of hydrogen-bond acceptors (Lipinski definition) is 5. The lowest BCUT2D eigenvalue weighted by molar-refractivity contribution is -0.117. The Bertz CT molecular complexity index is 1130. The second-order valence-electron chi connectivity index (χ2n) is 7.07. The largest absolute Gasteiger partial charge is 0.334 e. The molecule has 28 heavy (non-hydrogen) atoms. The number of rotatable bonds is 4. The van der Waals surface area contributed by atoms with Gasteiger partial charge in [0, 0.05) is 25.8 Å². The number of halogens is 1. The summed E-state index contributed by atoms with van der Waals surface area (Å²) < 4.78 is 15.1. The molecule has 0 spiro atoms. The van der Waals surface area contributed by atoms with E-state index in [1.54, 1.807) is 18.5 Å². The summed E-state index contributed by atoms with van der Waals surface area (Å²) in [4.78, 5) is 23.0. The molecule has 0 radical (unpaired) electrons. The van der Waals surface area contributed by atoms with Crippen LogP contribution in [0.25, 0.3) is 11.0 Å². The van der Waals surface area contributed by atoms with Gasteiger partial charge < -0.3 is 14.8 Å². The van der Waals surface area contributed by atoms with Crippen molar-refractivity contribution in [3.8, 4) is 6.07 Å². The van der Waals surface area contributed by atoms with E-state index in [1.165, 1.54) is 0 Å². The number of benzene rings is 1. The third-order valence-electron chi connectivity index (χ3n) is 5.03. The van der Waals surface area contributed by atoms with Gasteiger partial charge in [-0.15, -0.1) is 0 Å². The predicted molar refractivity (Wildman–Crippen MR) is 104 cm³/mol. The van der Waals surface area contributed by atoms with Crippen LogP contribution in [0.3, 0.4) is 0 Å². The fourth-order valence-corrected chi connectivity index (χ4v) is 3.18. The normalized spacial score (nSPS) is 18.0. The number of carbonyl (C=O) groups is 1. The van der Waals surface area contributed by atoms with Crippen molar-refractivity contribution in [2.24, 2.45) is 13.0 Å². The summed E-state index contributed by atoms with van der Waals surface area (Å²) in [5, 5.41) is 11.9. The minimum absolute atomic E-state index is 0.247. The Morgan fingerprint density at radius 3 is 2.86 bits per heavy atom. The van der Waals surface area contributed by atoms with Crippen LogP contribution in [0, 0.1) is 24.2 Å². The molecule has 1 N–H and O–H groups in total. The minimum atomic E-state index is -1.08. The molecular formula is C20H19FN6O. The predicted octanol–water partition coefficient (Wildman–Crippen LogP) is 3.21. The van der Waals surface area contributed by atoms with Crippen LogP contribution in [-0.4, -0.2) is 33.7 Å². The maximum atomic E-state index is 13.3. The molecule has 0 bridgehead atoms. The van der Waals surface area contributed by atoms with E-state index < -0.39 is 12.1 Å². The molecule has 4 rings (SSSR count). The lowest BCUT2D eigenvalue weighted by Crippen LogP contribution is -2.18. The van der Waals surface area contributed by atoms with Crippen LogP contribution in [0.2, 0.25) is 0 Å². The summed E-state index contributed by atoms with van der Waals surface area (Å²) in [5.74, 6) is -0.110. The second-order valence-corrected chi connectivity index (χ2v) is 7.07. The fourth-order valence-electron chi connectivity index (χ4n) is 3.18. The van der Waals surface area contributed by atoms with Gasteiger partial charge in [-0.2, -0.15) is 5.26 Å². The van der Waals surface area contributed by atoms with Gasteiger partial charge in [-0.3, -0.25) is 4.79 Å². The van der Waals surface area contributed by atoms with Crippen LogP contribution < -0.4 is 10.2 Å². The van der Waals surface area contributed by atoms with Gasteiger partial charge in [-0.1, -0.05) is 6.07 Å². The Labute approximate surface area is 161 Å². The first-order valence-electron chi connectivity index (χ1n) is 8.90. The molecule has 2 heterocycles. The number of fused-ring (bicyclic) bond motifs is 1. The minimum Gasteiger partial charge on any atom is -0.334 e. The van der Waals surface area contributed by atoms with Crippen LogP contribution in [0.1, 0.15) is 17.5 Å². The number of nitrogens with one attached hydrogen (secondary N) is 1. The number of aryl methyl sites for hydroxylation is 2. The number of nitriles is 1. The van der Waals surface area contributed by atoms with Crippen molar-refractivity contribution in [1.82, 2.24) is 14.5 Å². The van der Waals surface area contributed by atoms with E-state index in [1.807, 2.05) is 42.6 Å². The Morgan fingerprint density at radius 1 is 1.43 bits per heavy atom. The number of amides is 1. The first-order chi connectivity index (χ1) is 13.4. The molecule has 7 nitrogen and oxygen atoms in total. The highest BCUT2D eigenvalue weighted by Gasteiger charge is 2.44. The molecule has 0 saturated heterocycles. The summed E-state index contributed by atoms with van der Waals surface area (Å²) in [6, 6.07) is 9.44. The maximum Gasteiger partial charge on any atom is 0.231 e. The molecule has 1 amide bonds. The van der Waals surface area contributed by atoms with Gasteiger partial charge in [0.05, 0.1) is 29.4 Å². The zero-order chi connectivity index (χ0) is 20.0. The Morgan fingerprint density at radius 2 is 2.18 bits per heavy atom. The molecule has 3 aromatic rings. The molecule has 1 fully saturated rings. The molecule has 0 aliphatic heterocycles. The van der Waals surface area contributed by atoms with E-state index >= 15 is 0 Å². The number of aromatic nitrogens is 3. The molecule has 2 aromatic heterocycles. The van der Waals surface area contributed by atoms with Gasteiger partial charge >= 0.3 is 0 Å².